The Morgan fingerprint density at radius 1 is 1.09 bits per heavy atom. The highest BCUT2D eigenvalue weighted by Crippen LogP contribution is 2.34. The number of carbonyl (C=O) groups excluding carboxylic acids is 2. The fraction of sp³-hybridized carbons (Fsp3) is 0.269. The number of amides is 2. The Labute approximate surface area is 198 Å². The first-order valence-corrected chi connectivity index (χ1v) is 11.2. The second-order valence-electron chi connectivity index (χ2n) is 8.17. The zero-order valence-electron chi connectivity index (χ0n) is 18.5. The Morgan fingerprint density at radius 2 is 1.79 bits per heavy atom. The first kappa shape index (κ1) is 22.8. The summed E-state index contributed by atoms with van der Waals surface area (Å²) in [5.74, 6) is -0.115. The Hall–Kier alpha value is -3.38. The quantitative estimate of drug-likeness (QED) is 0.444. The van der Waals surface area contributed by atoms with Crippen molar-refractivity contribution in [3.05, 3.63) is 94.6 Å². The van der Waals surface area contributed by atoms with Crippen LogP contribution in [0.25, 0.3) is 0 Å². The van der Waals surface area contributed by atoms with Gasteiger partial charge in [0.05, 0.1) is 6.10 Å². The predicted molar refractivity (Wildman–Crippen MR) is 125 cm³/mol. The van der Waals surface area contributed by atoms with Gasteiger partial charge >= 0.3 is 6.09 Å². The maximum atomic E-state index is 13.4. The molecule has 2 atom stereocenters. The number of aromatic nitrogens is 1. The fourth-order valence-corrected chi connectivity index (χ4v) is 4.05. The molecule has 33 heavy (non-hydrogen) atoms. The molecule has 2 amide bonds. The molecule has 6 nitrogen and oxygen atoms in total. The van der Waals surface area contributed by atoms with Gasteiger partial charge in [0.25, 0.3) is 0 Å². The third-order valence-electron chi connectivity index (χ3n) is 5.50. The van der Waals surface area contributed by atoms with Gasteiger partial charge in [-0.2, -0.15) is 0 Å². The highest BCUT2D eigenvalue weighted by atomic mass is 35.5. The van der Waals surface area contributed by atoms with Crippen LogP contribution in [0.1, 0.15) is 48.9 Å². The summed E-state index contributed by atoms with van der Waals surface area (Å²) < 4.78 is 10.9. The normalized spacial score (nSPS) is 16.5. The SMILES string of the molecule is CC(C)Oc1ccc([C@@H](CC(=O)N2C(=O)OC[C@H]2c2ccccc2)c2ccc(Cl)cc2)cn1. The van der Waals surface area contributed by atoms with Crippen molar-refractivity contribution >= 4 is 23.6 Å². The van der Waals surface area contributed by atoms with E-state index in [1.807, 2.05) is 62.4 Å². The minimum Gasteiger partial charge on any atom is -0.475 e. The van der Waals surface area contributed by atoms with Gasteiger partial charge in [-0.15, -0.1) is 0 Å². The minimum atomic E-state index is -0.623. The van der Waals surface area contributed by atoms with Crippen molar-refractivity contribution in [2.75, 3.05) is 6.61 Å². The summed E-state index contributed by atoms with van der Waals surface area (Å²) in [6, 6.07) is 20.0. The van der Waals surface area contributed by atoms with Crippen molar-refractivity contribution < 1.29 is 19.1 Å². The van der Waals surface area contributed by atoms with Gasteiger partial charge < -0.3 is 9.47 Å². The number of hydrogen-bond donors (Lipinski definition) is 0. The fourth-order valence-electron chi connectivity index (χ4n) is 3.92. The zero-order chi connectivity index (χ0) is 23.4. The highest BCUT2D eigenvalue weighted by Gasteiger charge is 2.39. The third kappa shape index (κ3) is 5.34. The lowest BCUT2D eigenvalue weighted by atomic mass is 9.89. The average Bonchev–Trinajstić information content (AvgIpc) is 3.20. The number of imide groups is 1. The Kier molecular flexibility index (Phi) is 6.94. The number of rotatable bonds is 7. The van der Waals surface area contributed by atoms with Crippen molar-refractivity contribution in [3.8, 4) is 5.88 Å². The molecule has 0 aliphatic carbocycles. The Balaban J connectivity index is 1.62. The standard InChI is InChI=1S/C26H25ClN2O4/c1-17(2)33-24-13-10-20(15-28-24)22(18-8-11-21(27)12-9-18)14-25(30)29-23(16-32-26(29)31)19-6-4-3-5-7-19/h3-13,15,17,22-23H,14,16H2,1-2H3/t22-,23-/m0/s1. The summed E-state index contributed by atoms with van der Waals surface area (Å²) in [5, 5.41) is 0.606. The van der Waals surface area contributed by atoms with E-state index in [4.69, 9.17) is 21.1 Å². The van der Waals surface area contributed by atoms with Gasteiger partial charge in [-0.25, -0.2) is 14.7 Å². The molecule has 1 fully saturated rings. The van der Waals surface area contributed by atoms with E-state index in [0.29, 0.717) is 10.9 Å². The first-order chi connectivity index (χ1) is 15.9. The lowest BCUT2D eigenvalue weighted by Crippen LogP contribution is -2.35. The van der Waals surface area contributed by atoms with E-state index < -0.39 is 12.1 Å². The number of hydrogen-bond acceptors (Lipinski definition) is 5. The van der Waals surface area contributed by atoms with E-state index in [9.17, 15) is 9.59 Å². The van der Waals surface area contributed by atoms with Crippen molar-refractivity contribution in [2.24, 2.45) is 0 Å². The summed E-state index contributed by atoms with van der Waals surface area (Å²) in [4.78, 5) is 31.5. The van der Waals surface area contributed by atoms with Crippen molar-refractivity contribution in [3.63, 3.8) is 0 Å². The van der Waals surface area contributed by atoms with Crippen LogP contribution in [0.4, 0.5) is 4.79 Å². The van der Waals surface area contributed by atoms with Gasteiger partial charge in [0.2, 0.25) is 11.8 Å². The molecule has 0 saturated carbocycles. The topological polar surface area (TPSA) is 68.7 Å². The second-order valence-corrected chi connectivity index (χ2v) is 8.61. The van der Waals surface area contributed by atoms with Gasteiger partial charge in [0, 0.05) is 29.6 Å². The molecule has 7 heteroatoms. The molecule has 0 bridgehead atoms. The molecule has 0 unspecified atom stereocenters. The number of nitrogens with zero attached hydrogens (tertiary/aromatic N) is 2. The molecule has 1 aromatic heterocycles. The molecule has 0 spiro atoms. The summed E-state index contributed by atoms with van der Waals surface area (Å²) in [7, 11) is 0. The maximum Gasteiger partial charge on any atom is 0.417 e. The molecule has 2 heterocycles. The molecule has 1 saturated heterocycles. The molecule has 2 aromatic carbocycles. The van der Waals surface area contributed by atoms with Crippen LogP contribution in [0, 0.1) is 0 Å². The van der Waals surface area contributed by atoms with Crippen LogP contribution in [-0.4, -0.2) is 34.6 Å². The van der Waals surface area contributed by atoms with Gasteiger partial charge in [0.15, 0.2) is 0 Å². The van der Waals surface area contributed by atoms with Gasteiger partial charge in [-0.1, -0.05) is 60.1 Å². The second kappa shape index (κ2) is 10.0. The third-order valence-corrected chi connectivity index (χ3v) is 5.75. The molecule has 1 aliphatic heterocycles. The van der Waals surface area contributed by atoms with Gasteiger partial charge in [0.1, 0.15) is 12.6 Å². The van der Waals surface area contributed by atoms with Gasteiger partial charge in [-0.05, 0) is 42.7 Å². The number of ether oxygens (including phenoxy) is 2. The van der Waals surface area contributed by atoms with E-state index >= 15 is 0 Å². The molecule has 0 radical (unpaired) electrons. The highest BCUT2D eigenvalue weighted by molar-refractivity contribution is 6.30. The summed E-state index contributed by atoms with van der Waals surface area (Å²) in [5.41, 5.74) is 2.60. The van der Waals surface area contributed by atoms with Crippen molar-refractivity contribution in [1.82, 2.24) is 9.88 Å². The number of halogens is 1. The summed E-state index contributed by atoms with van der Waals surface area (Å²) in [6.07, 6.45) is 1.17. The summed E-state index contributed by atoms with van der Waals surface area (Å²) in [6.45, 7) is 4.01. The molecular weight excluding hydrogens is 440 g/mol. The summed E-state index contributed by atoms with van der Waals surface area (Å²) >= 11 is 6.08. The Bertz CT molecular complexity index is 1100. The molecule has 4 rings (SSSR count). The van der Waals surface area contributed by atoms with Crippen LogP contribution < -0.4 is 4.74 Å². The maximum absolute atomic E-state index is 13.4. The number of carbonyl (C=O) groups is 2. The largest absolute Gasteiger partial charge is 0.475 e. The lowest BCUT2D eigenvalue weighted by Gasteiger charge is -2.24. The monoisotopic (exact) mass is 464 g/mol. The number of benzene rings is 2. The average molecular weight is 465 g/mol. The lowest BCUT2D eigenvalue weighted by molar-refractivity contribution is -0.129. The van der Waals surface area contributed by atoms with E-state index in [1.54, 1.807) is 24.4 Å². The van der Waals surface area contributed by atoms with E-state index in [-0.39, 0.29) is 31.0 Å². The van der Waals surface area contributed by atoms with Crippen LogP contribution in [-0.2, 0) is 9.53 Å². The predicted octanol–water partition coefficient (Wildman–Crippen LogP) is 5.76. The minimum absolute atomic E-state index is 0.00749. The van der Waals surface area contributed by atoms with Crippen molar-refractivity contribution in [1.29, 1.82) is 0 Å². The van der Waals surface area contributed by atoms with Crippen LogP contribution >= 0.6 is 11.6 Å². The molecule has 170 valence electrons. The van der Waals surface area contributed by atoms with Crippen LogP contribution in [0.2, 0.25) is 5.02 Å². The van der Waals surface area contributed by atoms with E-state index in [1.165, 1.54) is 4.90 Å². The number of cyclic esters (lactones) is 1. The zero-order valence-corrected chi connectivity index (χ0v) is 19.2. The first-order valence-electron chi connectivity index (χ1n) is 10.8. The van der Waals surface area contributed by atoms with Gasteiger partial charge in [-0.3, -0.25) is 4.79 Å². The van der Waals surface area contributed by atoms with Crippen LogP contribution in [0.5, 0.6) is 5.88 Å². The molecule has 3 aromatic rings. The Morgan fingerprint density at radius 3 is 2.42 bits per heavy atom. The molecule has 0 N–H and O–H groups in total. The van der Waals surface area contributed by atoms with Crippen molar-refractivity contribution in [2.45, 2.75) is 38.3 Å². The smallest absolute Gasteiger partial charge is 0.417 e. The number of pyridine rings is 1. The molecule has 1 aliphatic rings. The van der Waals surface area contributed by atoms with Crippen LogP contribution in [0.15, 0.2) is 72.9 Å². The van der Waals surface area contributed by atoms with E-state index in [0.717, 1.165) is 16.7 Å². The van der Waals surface area contributed by atoms with E-state index in [2.05, 4.69) is 4.98 Å². The van der Waals surface area contributed by atoms with Crippen LogP contribution in [0.3, 0.4) is 0 Å². The molecular formula is C26H25ClN2O4.